The van der Waals surface area contributed by atoms with E-state index in [2.05, 4.69) is 16.7 Å². The molecule has 0 spiro atoms. The van der Waals surface area contributed by atoms with Crippen molar-refractivity contribution in [2.75, 3.05) is 45.8 Å². The van der Waals surface area contributed by atoms with Crippen LogP contribution in [-0.4, -0.2) is 83.5 Å². The lowest BCUT2D eigenvalue weighted by Gasteiger charge is -2.41. The van der Waals surface area contributed by atoms with Crippen molar-refractivity contribution in [3.63, 3.8) is 0 Å². The molecular formula is C17H25N3O3S. The number of carbonyl (C=O) groups excluding carboxylic acids is 1. The summed E-state index contributed by atoms with van der Waals surface area (Å²) in [5.74, 6) is -0.886. The molecule has 7 heteroatoms. The van der Waals surface area contributed by atoms with Crippen LogP contribution in [0.2, 0.25) is 0 Å². The maximum Gasteiger partial charge on any atom is 0.309 e. The predicted molar refractivity (Wildman–Crippen MR) is 93.2 cm³/mol. The first-order chi connectivity index (χ1) is 11.6. The normalized spacial score (nSPS) is 26.0. The minimum atomic E-state index is -0.718. The number of hydrogen-bond acceptors (Lipinski definition) is 5. The third kappa shape index (κ3) is 3.96. The first kappa shape index (κ1) is 17.4. The molecule has 1 N–H and O–H groups in total. The molecule has 0 aromatic carbocycles. The van der Waals surface area contributed by atoms with E-state index in [0.717, 1.165) is 25.2 Å². The third-order valence-electron chi connectivity index (χ3n) is 5.09. The monoisotopic (exact) mass is 351 g/mol. The number of thiophene rings is 1. The van der Waals surface area contributed by atoms with Crippen molar-refractivity contribution >= 4 is 23.2 Å². The molecule has 0 saturated carbocycles. The summed E-state index contributed by atoms with van der Waals surface area (Å²) in [7, 11) is 0. The van der Waals surface area contributed by atoms with E-state index in [1.165, 1.54) is 0 Å². The molecular weight excluding hydrogens is 326 g/mol. The number of aliphatic carboxylic acids is 1. The topological polar surface area (TPSA) is 64.1 Å². The van der Waals surface area contributed by atoms with E-state index in [4.69, 9.17) is 0 Å². The van der Waals surface area contributed by atoms with Gasteiger partial charge in [0.15, 0.2) is 0 Å². The second-order valence-corrected chi connectivity index (χ2v) is 7.46. The van der Waals surface area contributed by atoms with Crippen LogP contribution in [0.25, 0.3) is 0 Å². The van der Waals surface area contributed by atoms with Gasteiger partial charge >= 0.3 is 5.97 Å². The number of fused-ring (bicyclic) bond motifs is 1. The number of piperazine rings is 1. The number of hydrogen-bond donors (Lipinski definition) is 1. The van der Waals surface area contributed by atoms with Crippen molar-refractivity contribution < 1.29 is 14.7 Å². The van der Waals surface area contributed by atoms with E-state index in [1.807, 2.05) is 21.7 Å². The third-order valence-corrected chi connectivity index (χ3v) is 5.82. The highest BCUT2D eigenvalue weighted by Gasteiger charge is 2.36. The van der Waals surface area contributed by atoms with Crippen molar-refractivity contribution in [2.45, 2.75) is 19.4 Å². The van der Waals surface area contributed by atoms with Crippen molar-refractivity contribution in [3.8, 4) is 0 Å². The van der Waals surface area contributed by atoms with Crippen LogP contribution in [0.1, 0.15) is 12.5 Å². The largest absolute Gasteiger partial charge is 0.481 e. The fraction of sp³-hybridized carbons (Fsp3) is 0.647. The number of carboxylic acid groups (broad SMARTS) is 1. The van der Waals surface area contributed by atoms with Gasteiger partial charge in [0, 0.05) is 45.3 Å². The summed E-state index contributed by atoms with van der Waals surface area (Å²) in [5, 5.41) is 13.5. The summed E-state index contributed by atoms with van der Waals surface area (Å²) in [6, 6.07) is 2.23. The summed E-state index contributed by atoms with van der Waals surface area (Å²) in [4.78, 5) is 30.5. The Labute approximate surface area is 146 Å². The molecule has 3 heterocycles. The number of rotatable bonds is 4. The molecule has 6 nitrogen and oxygen atoms in total. The Morgan fingerprint density at radius 2 is 2.08 bits per heavy atom. The molecule has 0 radical (unpaired) electrons. The highest BCUT2D eigenvalue weighted by atomic mass is 32.1. The molecule has 1 aromatic heterocycles. The van der Waals surface area contributed by atoms with Gasteiger partial charge in [0.25, 0.3) is 0 Å². The van der Waals surface area contributed by atoms with Crippen molar-refractivity contribution in [3.05, 3.63) is 22.4 Å². The first-order valence-corrected chi connectivity index (χ1v) is 9.49. The summed E-state index contributed by atoms with van der Waals surface area (Å²) >= 11 is 1.61. The molecule has 0 aliphatic carbocycles. The van der Waals surface area contributed by atoms with Gasteiger partial charge in [-0.3, -0.25) is 14.5 Å². The number of nitrogens with zero attached hydrogens (tertiary/aromatic N) is 3. The zero-order valence-electron chi connectivity index (χ0n) is 14.1. The molecule has 2 aliphatic heterocycles. The molecule has 1 aromatic rings. The standard InChI is InChI=1S/C17H25N3O3S/c1-2-18-8-14(17(22)23)9-19-4-5-20(11-15(19)10-18)16(21)7-13-3-6-24-12-13/h3,6,12,14-15H,2,4-5,7-11H2,1H3,(H,22,23). The lowest BCUT2D eigenvalue weighted by Crippen LogP contribution is -2.57. The Bertz CT molecular complexity index is 578. The Balaban J connectivity index is 1.65. The van der Waals surface area contributed by atoms with Crippen LogP contribution >= 0.6 is 11.3 Å². The number of amides is 1. The van der Waals surface area contributed by atoms with E-state index in [0.29, 0.717) is 32.6 Å². The van der Waals surface area contributed by atoms with Gasteiger partial charge in [-0.15, -0.1) is 0 Å². The first-order valence-electron chi connectivity index (χ1n) is 8.55. The highest BCUT2D eigenvalue weighted by molar-refractivity contribution is 7.08. The molecule has 2 unspecified atom stereocenters. The maximum absolute atomic E-state index is 12.6. The zero-order chi connectivity index (χ0) is 17.1. The van der Waals surface area contributed by atoms with E-state index < -0.39 is 5.97 Å². The number of carboxylic acids is 1. The minimum absolute atomic E-state index is 0.176. The molecule has 2 fully saturated rings. The van der Waals surface area contributed by atoms with Crippen molar-refractivity contribution in [1.82, 2.24) is 14.7 Å². The smallest absolute Gasteiger partial charge is 0.309 e. The van der Waals surface area contributed by atoms with Crippen LogP contribution < -0.4 is 0 Å². The lowest BCUT2D eigenvalue weighted by atomic mass is 10.1. The fourth-order valence-electron chi connectivity index (χ4n) is 3.65. The number of likely N-dealkylation sites (N-methyl/N-ethyl adjacent to an activating group) is 1. The van der Waals surface area contributed by atoms with Gasteiger partial charge in [-0.1, -0.05) is 6.92 Å². The predicted octanol–water partition coefficient (Wildman–Crippen LogP) is 0.840. The van der Waals surface area contributed by atoms with Crippen LogP contribution in [-0.2, 0) is 16.0 Å². The van der Waals surface area contributed by atoms with Crippen LogP contribution in [0.5, 0.6) is 0 Å². The SMILES string of the molecule is CCN1CC(C(=O)O)CN2CCN(C(=O)Cc3ccsc3)CC2C1. The van der Waals surface area contributed by atoms with Gasteiger partial charge < -0.3 is 14.9 Å². The number of carbonyl (C=O) groups is 2. The van der Waals surface area contributed by atoms with E-state index >= 15 is 0 Å². The molecule has 132 valence electrons. The quantitative estimate of drug-likeness (QED) is 0.871. The Morgan fingerprint density at radius 1 is 1.25 bits per heavy atom. The van der Waals surface area contributed by atoms with Gasteiger partial charge in [-0.05, 0) is 28.9 Å². The molecule has 1 amide bonds. The maximum atomic E-state index is 12.6. The average molecular weight is 351 g/mol. The van der Waals surface area contributed by atoms with Gasteiger partial charge in [0.05, 0.1) is 12.3 Å². The highest BCUT2D eigenvalue weighted by Crippen LogP contribution is 2.20. The minimum Gasteiger partial charge on any atom is -0.481 e. The van der Waals surface area contributed by atoms with Gasteiger partial charge in [-0.2, -0.15) is 11.3 Å². The summed E-state index contributed by atoms with van der Waals surface area (Å²) in [6.45, 7) is 7.09. The van der Waals surface area contributed by atoms with Gasteiger partial charge in [0.1, 0.15) is 0 Å². The molecule has 3 rings (SSSR count). The molecule has 2 saturated heterocycles. The Hall–Kier alpha value is -1.44. The Morgan fingerprint density at radius 3 is 2.75 bits per heavy atom. The second kappa shape index (κ2) is 7.63. The average Bonchev–Trinajstić information content (AvgIpc) is 2.99. The van der Waals surface area contributed by atoms with Crippen LogP contribution in [0.4, 0.5) is 0 Å². The van der Waals surface area contributed by atoms with E-state index in [-0.39, 0.29) is 17.9 Å². The lowest BCUT2D eigenvalue weighted by molar-refractivity contribution is -0.143. The summed E-state index contributed by atoms with van der Waals surface area (Å²) in [5.41, 5.74) is 1.08. The van der Waals surface area contributed by atoms with Crippen LogP contribution in [0.15, 0.2) is 16.8 Å². The molecule has 24 heavy (non-hydrogen) atoms. The second-order valence-electron chi connectivity index (χ2n) is 6.68. The fourth-order valence-corrected chi connectivity index (χ4v) is 4.32. The molecule has 0 bridgehead atoms. The molecule has 2 atom stereocenters. The zero-order valence-corrected chi connectivity index (χ0v) is 14.9. The van der Waals surface area contributed by atoms with Crippen LogP contribution in [0.3, 0.4) is 0 Å². The van der Waals surface area contributed by atoms with E-state index in [9.17, 15) is 14.7 Å². The summed E-state index contributed by atoms with van der Waals surface area (Å²) < 4.78 is 0. The van der Waals surface area contributed by atoms with Gasteiger partial charge in [0.2, 0.25) is 5.91 Å². The van der Waals surface area contributed by atoms with Gasteiger partial charge in [-0.25, -0.2) is 0 Å². The van der Waals surface area contributed by atoms with Crippen molar-refractivity contribution in [1.29, 1.82) is 0 Å². The van der Waals surface area contributed by atoms with E-state index in [1.54, 1.807) is 11.3 Å². The van der Waals surface area contributed by atoms with Crippen molar-refractivity contribution in [2.24, 2.45) is 5.92 Å². The van der Waals surface area contributed by atoms with Crippen LogP contribution in [0, 0.1) is 5.92 Å². The summed E-state index contributed by atoms with van der Waals surface area (Å²) in [6.07, 6.45) is 0.464. The Kier molecular flexibility index (Phi) is 5.53. The molecule has 2 aliphatic rings.